The predicted molar refractivity (Wildman–Crippen MR) is 163 cm³/mol. The minimum Gasteiger partial charge on any atom is -0.480 e. The number of para-hydroxylation sites is 2. The number of aromatic amines is 1. The van der Waals surface area contributed by atoms with Crippen molar-refractivity contribution in [2.24, 2.45) is 16.7 Å². The number of imidazole rings is 1. The number of aromatic nitrogens is 2. The molecule has 4 atom stereocenters. The molecule has 2 aliphatic carbocycles. The van der Waals surface area contributed by atoms with E-state index in [1.807, 2.05) is 38.1 Å². The fourth-order valence-corrected chi connectivity index (χ4v) is 9.10. The molecule has 5 N–H and O–H groups in total. The van der Waals surface area contributed by atoms with E-state index in [-0.39, 0.29) is 42.5 Å². The van der Waals surface area contributed by atoms with Crippen LogP contribution >= 0.6 is 0 Å². The molecule has 2 heterocycles. The number of carbonyl (C=O) groups is 4. The van der Waals surface area contributed by atoms with Gasteiger partial charge in [0.15, 0.2) is 6.10 Å². The number of carboxylic acids is 1. The van der Waals surface area contributed by atoms with Crippen LogP contribution in [0.25, 0.3) is 11.0 Å². The molecule has 1 aliphatic heterocycles. The number of anilines is 1. The van der Waals surface area contributed by atoms with Crippen LogP contribution in [0.4, 0.5) is 5.69 Å². The summed E-state index contributed by atoms with van der Waals surface area (Å²) in [5.41, 5.74) is 0.818. The van der Waals surface area contributed by atoms with Crippen LogP contribution < -0.4 is 20.1 Å². The molecule has 2 amide bonds. The molecule has 14 heteroatoms. The van der Waals surface area contributed by atoms with Crippen LogP contribution in [0.3, 0.4) is 0 Å². The maximum Gasteiger partial charge on any atom is 0.322 e. The van der Waals surface area contributed by atoms with Gasteiger partial charge in [-0.2, -0.15) is 0 Å². The Morgan fingerprint density at radius 2 is 1.96 bits per heavy atom. The minimum absolute atomic E-state index is 0.0755. The molecule has 45 heavy (non-hydrogen) atoms. The number of sulfonamides is 1. The smallest absolute Gasteiger partial charge is 0.322 e. The van der Waals surface area contributed by atoms with Gasteiger partial charge in [0, 0.05) is 11.8 Å². The summed E-state index contributed by atoms with van der Waals surface area (Å²) < 4.78 is 34.5. The maximum absolute atomic E-state index is 13.2. The minimum atomic E-state index is -4.14. The van der Waals surface area contributed by atoms with Gasteiger partial charge in [0.2, 0.25) is 15.9 Å². The SMILES string of the molecule is CC1(C)C2CC[C@]1(CS(=O)(=O)N[C@@H](Cc1ccc3c(c1)NC(=O)C(CC(=O)NCc1nc4ccccc4[nH]1)O3)C(=O)O)C(=O)C2. The highest BCUT2D eigenvalue weighted by molar-refractivity contribution is 7.89. The summed E-state index contributed by atoms with van der Waals surface area (Å²) >= 11 is 0. The normalized spacial score (nSPS) is 24.1. The quantitative estimate of drug-likeness (QED) is 0.209. The first-order valence-corrected chi connectivity index (χ1v) is 16.5. The molecule has 0 saturated heterocycles. The number of rotatable bonds is 11. The monoisotopic (exact) mass is 637 g/mol. The molecule has 2 bridgehead atoms. The number of Topliss-reactive ketones (excluding diaryl/α,β-unsaturated/α-hetero) is 1. The second-order valence-corrected chi connectivity index (χ2v) is 14.5. The molecular weight excluding hydrogens is 602 g/mol. The van der Waals surface area contributed by atoms with Crippen molar-refractivity contribution in [3.8, 4) is 5.75 Å². The first kappa shape index (κ1) is 30.7. The molecule has 1 aromatic heterocycles. The van der Waals surface area contributed by atoms with E-state index in [1.54, 1.807) is 6.07 Å². The second kappa shape index (κ2) is 11.2. The van der Waals surface area contributed by atoms with E-state index in [4.69, 9.17) is 4.74 Å². The number of ketones is 1. The number of nitrogens with one attached hydrogen (secondary N) is 4. The summed E-state index contributed by atoms with van der Waals surface area (Å²) in [6.45, 7) is 3.98. The molecule has 3 aromatic rings. The molecule has 238 valence electrons. The number of carbonyl (C=O) groups excluding carboxylic acids is 3. The Balaban J connectivity index is 1.07. The van der Waals surface area contributed by atoms with Crippen molar-refractivity contribution in [3.63, 3.8) is 0 Å². The highest BCUT2D eigenvalue weighted by atomic mass is 32.2. The zero-order chi connectivity index (χ0) is 32.1. The van der Waals surface area contributed by atoms with Crippen molar-refractivity contribution >= 4 is 50.3 Å². The topological polar surface area (TPSA) is 197 Å². The van der Waals surface area contributed by atoms with Gasteiger partial charge in [-0.15, -0.1) is 0 Å². The molecule has 2 aromatic carbocycles. The Kier molecular flexibility index (Phi) is 7.68. The van der Waals surface area contributed by atoms with Crippen molar-refractivity contribution in [2.75, 3.05) is 11.1 Å². The van der Waals surface area contributed by atoms with Crippen molar-refractivity contribution < 1.29 is 37.4 Å². The Hall–Kier alpha value is -4.30. The van der Waals surface area contributed by atoms with Crippen LogP contribution in [0.1, 0.15) is 50.9 Å². The van der Waals surface area contributed by atoms with E-state index in [9.17, 15) is 32.7 Å². The maximum atomic E-state index is 13.2. The summed E-state index contributed by atoms with van der Waals surface area (Å²) in [6.07, 6.45) is 0.0526. The van der Waals surface area contributed by atoms with Crippen LogP contribution in [0.5, 0.6) is 5.75 Å². The van der Waals surface area contributed by atoms with E-state index < -0.39 is 56.5 Å². The number of amides is 2. The summed E-state index contributed by atoms with van der Waals surface area (Å²) in [7, 11) is -4.14. The number of aliphatic carboxylic acids is 1. The highest BCUT2D eigenvalue weighted by Gasteiger charge is 2.65. The van der Waals surface area contributed by atoms with Crippen LogP contribution in [-0.4, -0.2) is 65.0 Å². The molecule has 0 radical (unpaired) electrons. The molecule has 6 rings (SSSR count). The Bertz CT molecular complexity index is 1790. The molecule has 2 fully saturated rings. The summed E-state index contributed by atoms with van der Waals surface area (Å²) in [5.74, 6) is -1.88. The Labute approximate surface area is 259 Å². The number of hydrogen-bond acceptors (Lipinski definition) is 8. The highest BCUT2D eigenvalue weighted by Crippen LogP contribution is 2.64. The molecule has 3 aliphatic rings. The lowest BCUT2D eigenvalue weighted by Gasteiger charge is -2.36. The predicted octanol–water partition coefficient (Wildman–Crippen LogP) is 2.28. The summed E-state index contributed by atoms with van der Waals surface area (Å²) in [6, 6.07) is 10.6. The van der Waals surface area contributed by atoms with Crippen LogP contribution in [-0.2, 0) is 42.2 Å². The van der Waals surface area contributed by atoms with Gasteiger partial charge in [0.1, 0.15) is 23.4 Å². The third kappa shape index (κ3) is 5.79. The molecular formula is C31H35N5O8S. The zero-order valence-electron chi connectivity index (χ0n) is 24.9. The van der Waals surface area contributed by atoms with E-state index >= 15 is 0 Å². The average molecular weight is 638 g/mol. The van der Waals surface area contributed by atoms with Crippen LogP contribution in [0.2, 0.25) is 0 Å². The number of ether oxygens (including phenoxy) is 1. The van der Waals surface area contributed by atoms with Crippen molar-refractivity contribution in [1.29, 1.82) is 0 Å². The van der Waals surface area contributed by atoms with E-state index in [1.165, 1.54) is 12.1 Å². The number of carboxylic acid groups (broad SMARTS) is 1. The molecule has 13 nitrogen and oxygen atoms in total. The Morgan fingerprint density at radius 3 is 2.64 bits per heavy atom. The number of H-pyrrole nitrogens is 1. The van der Waals surface area contributed by atoms with E-state index in [0.29, 0.717) is 24.2 Å². The molecule has 2 saturated carbocycles. The fourth-order valence-electron chi connectivity index (χ4n) is 7.08. The number of fused-ring (bicyclic) bond motifs is 4. The first-order valence-electron chi connectivity index (χ1n) is 14.8. The zero-order valence-corrected chi connectivity index (χ0v) is 25.7. The Morgan fingerprint density at radius 1 is 1.18 bits per heavy atom. The lowest BCUT2D eigenvalue weighted by molar-refractivity contribution is -0.139. The standard InChI is InChI=1S/C31H35N5O8S/c1-30(2)18-9-10-31(30,25(37)13-18)16-45(42,43)36-22(29(40)41)12-17-7-8-23-21(11-17)35-28(39)24(44-23)14-27(38)32-15-26-33-19-5-3-4-6-20(19)34-26/h3-8,11,18,22,24,36H,9-10,12-16H2,1-2H3,(H,32,38)(H,33,34)(H,35,39)(H,40,41)/t18?,22-,24?,31-/m0/s1. The number of benzene rings is 2. The third-order valence-electron chi connectivity index (χ3n) is 9.76. The molecule has 2 unspecified atom stereocenters. The van der Waals surface area contributed by atoms with Gasteiger partial charge >= 0.3 is 5.97 Å². The lowest BCUT2D eigenvalue weighted by atomic mass is 9.70. The van der Waals surface area contributed by atoms with Gasteiger partial charge in [-0.1, -0.05) is 32.0 Å². The van der Waals surface area contributed by atoms with Gasteiger partial charge in [-0.05, 0) is 60.4 Å². The van der Waals surface area contributed by atoms with E-state index in [2.05, 4.69) is 25.3 Å². The number of hydrogen-bond donors (Lipinski definition) is 5. The van der Waals surface area contributed by atoms with Gasteiger partial charge in [0.25, 0.3) is 5.91 Å². The third-order valence-corrected chi connectivity index (χ3v) is 11.3. The summed E-state index contributed by atoms with van der Waals surface area (Å²) in [5, 5.41) is 15.3. The fraction of sp³-hybridized carbons (Fsp3) is 0.452. The van der Waals surface area contributed by atoms with Gasteiger partial charge in [-0.3, -0.25) is 19.2 Å². The first-order chi connectivity index (χ1) is 21.3. The van der Waals surface area contributed by atoms with Gasteiger partial charge in [-0.25, -0.2) is 18.1 Å². The van der Waals surface area contributed by atoms with Gasteiger partial charge < -0.3 is 25.5 Å². The lowest BCUT2D eigenvalue weighted by Crippen LogP contribution is -2.49. The average Bonchev–Trinajstić information content (AvgIpc) is 3.55. The van der Waals surface area contributed by atoms with Crippen molar-refractivity contribution in [3.05, 3.63) is 53.9 Å². The summed E-state index contributed by atoms with van der Waals surface area (Å²) in [4.78, 5) is 57.8. The number of nitrogens with zero attached hydrogens (tertiary/aromatic N) is 1. The molecule has 0 spiro atoms. The second-order valence-electron chi connectivity index (χ2n) is 12.7. The van der Waals surface area contributed by atoms with Crippen LogP contribution in [0, 0.1) is 16.7 Å². The largest absolute Gasteiger partial charge is 0.480 e. The van der Waals surface area contributed by atoms with Crippen molar-refractivity contribution in [1.82, 2.24) is 20.0 Å². The van der Waals surface area contributed by atoms with Crippen molar-refractivity contribution in [2.45, 2.75) is 64.6 Å². The van der Waals surface area contributed by atoms with Gasteiger partial charge in [0.05, 0.1) is 35.4 Å². The van der Waals surface area contributed by atoms with Crippen LogP contribution in [0.15, 0.2) is 42.5 Å². The van der Waals surface area contributed by atoms with E-state index in [0.717, 1.165) is 17.5 Å².